The highest BCUT2D eigenvalue weighted by molar-refractivity contribution is 5.96. The number of benzene rings is 1. The summed E-state index contributed by atoms with van der Waals surface area (Å²) in [5, 5.41) is 2.89. The number of fused-ring (bicyclic) bond motifs is 1. The van der Waals surface area contributed by atoms with E-state index in [4.69, 9.17) is 0 Å². The lowest BCUT2D eigenvalue weighted by Crippen LogP contribution is -2.64. The van der Waals surface area contributed by atoms with Gasteiger partial charge < -0.3 is 15.1 Å². The van der Waals surface area contributed by atoms with Crippen molar-refractivity contribution in [1.82, 2.24) is 20.0 Å². The summed E-state index contributed by atoms with van der Waals surface area (Å²) in [6, 6.07) is 7.53. The van der Waals surface area contributed by atoms with E-state index in [1.165, 1.54) is 0 Å². The molecule has 0 bridgehead atoms. The number of piperazine rings is 2. The molecule has 1 atom stereocenters. The van der Waals surface area contributed by atoms with Crippen LogP contribution >= 0.6 is 0 Å². The van der Waals surface area contributed by atoms with Crippen LogP contribution in [-0.2, 0) is 11.3 Å². The lowest BCUT2D eigenvalue weighted by Gasteiger charge is -2.43. The van der Waals surface area contributed by atoms with Crippen LogP contribution in [0.4, 0.5) is 0 Å². The molecule has 0 aromatic heterocycles. The predicted octanol–water partition coefficient (Wildman–Crippen LogP) is 0.00440. The first-order valence-corrected chi connectivity index (χ1v) is 8.10. The Bertz CT molecular complexity index is 602. The fourth-order valence-corrected chi connectivity index (χ4v) is 3.34. The number of carbonyl (C=O) groups excluding carboxylic acids is 2. The highest BCUT2D eigenvalue weighted by atomic mass is 16.2. The highest BCUT2D eigenvalue weighted by Crippen LogP contribution is 2.18. The maximum atomic E-state index is 12.9. The molecular formula is C17H24N4O2. The molecule has 1 aromatic rings. The number of hydrogen-bond donors (Lipinski definition) is 1. The second kappa shape index (κ2) is 6.68. The first-order chi connectivity index (χ1) is 11.1. The Morgan fingerprint density at radius 3 is 2.83 bits per heavy atom. The van der Waals surface area contributed by atoms with E-state index in [1.807, 2.05) is 43.3 Å². The van der Waals surface area contributed by atoms with Gasteiger partial charge in [0.05, 0.1) is 0 Å². The number of nitrogens with zero attached hydrogens (tertiary/aromatic N) is 3. The average molecular weight is 316 g/mol. The predicted molar refractivity (Wildman–Crippen MR) is 88.1 cm³/mol. The second-order valence-electron chi connectivity index (χ2n) is 6.49. The summed E-state index contributed by atoms with van der Waals surface area (Å²) in [4.78, 5) is 31.0. The van der Waals surface area contributed by atoms with Gasteiger partial charge in [-0.15, -0.1) is 0 Å². The molecule has 1 N–H and O–H groups in total. The van der Waals surface area contributed by atoms with Gasteiger partial charge in [0.15, 0.2) is 0 Å². The quantitative estimate of drug-likeness (QED) is 0.853. The molecule has 2 saturated heterocycles. The number of amides is 2. The Balaban J connectivity index is 1.77. The van der Waals surface area contributed by atoms with Crippen LogP contribution in [0.3, 0.4) is 0 Å². The summed E-state index contributed by atoms with van der Waals surface area (Å²) in [5.41, 5.74) is 1.77. The molecule has 124 valence electrons. The smallest absolute Gasteiger partial charge is 0.254 e. The lowest BCUT2D eigenvalue weighted by atomic mass is 10.0. The van der Waals surface area contributed by atoms with Gasteiger partial charge in [-0.25, -0.2) is 0 Å². The standard InChI is InChI=1S/C17H24N4O2/c1-19(2)11-13-5-3-4-6-14(13)17(23)21-10-9-20-8-7-18-16(22)15(20)12-21/h3-6,15H,7-12H2,1-2H3,(H,18,22). The first-order valence-electron chi connectivity index (χ1n) is 8.10. The molecule has 2 fully saturated rings. The summed E-state index contributed by atoms with van der Waals surface area (Å²) in [7, 11) is 3.98. The molecule has 0 saturated carbocycles. The largest absolute Gasteiger partial charge is 0.353 e. The van der Waals surface area contributed by atoms with Crippen molar-refractivity contribution in [3.63, 3.8) is 0 Å². The van der Waals surface area contributed by atoms with Gasteiger partial charge in [-0.3, -0.25) is 14.5 Å². The van der Waals surface area contributed by atoms with Gasteiger partial charge in [-0.05, 0) is 25.7 Å². The van der Waals surface area contributed by atoms with Crippen LogP contribution in [0.2, 0.25) is 0 Å². The molecule has 2 aliphatic rings. The van der Waals surface area contributed by atoms with Crippen molar-refractivity contribution < 1.29 is 9.59 Å². The molecule has 6 nitrogen and oxygen atoms in total. The Morgan fingerprint density at radius 1 is 1.26 bits per heavy atom. The summed E-state index contributed by atoms with van der Waals surface area (Å²) in [5.74, 6) is 0.0656. The van der Waals surface area contributed by atoms with Crippen LogP contribution in [0.5, 0.6) is 0 Å². The summed E-state index contributed by atoms with van der Waals surface area (Å²) >= 11 is 0. The van der Waals surface area contributed by atoms with Gasteiger partial charge in [0.1, 0.15) is 6.04 Å². The van der Waals surface area contributed by atoms with Crippen molar-refractivity contribution in [2.75, 3.05) is 46.8 Å². The minimum Gasteiger partial charge on any atom is -0.353 e. The molecule has 2 amide bonds. The van der Waals surface area contributed by atoms with Crippen LogP contribution in [-0.4, -0.2) is 79.4 Å². The van der Waals surface area contributed by atoms with Crippen molar-refractivity contribution in [2.24, 2.45) is 0 Å². The van der Waals surface area contributed by atoms with Crippen molar-refractivity contribution in [2.45, 2.75) is 12.6 Å². The van der Waals surface area contributed by atoms with Crippen molar-refractivity contribution in [3.05, 3.63) is 35.4 Å². The van der Waals surface area contributed by atoms with E-state index in [0.717, 1.165) is 30.8 Å². The molecule has 1 aromatic carbocycles. The van der Waals surface area contributed by atoms with Gasteiger partial charge in [0.2, 0.25) is 5.91 Å². The lowest BCUT2D eigenvalue weighted by molar-refractivity contribution is -0.131. The Morgan fingerprint density at radius 2 is 2.04 bits per heavy atom. The van der Waals surface area contributed by atoms with Crippen LogP contribution in [0.1, 0.15) is 15.9 Å². The number of nitrogens with one attached hydrogen (secondary N) is 1. The van der Waals surface area contributed by atoms with Crippen LogP contribution in [0.15, 0.2) is 24.3 Å². The molecule has 1 unspecified atom stereocenters. The normalized spacial score (nSPS) is 22.0. The third-order valence-electron chi connectivity index (χ3n) is 4.51. The molecule has 0 radical (unpaired) electrons. The fourth-order valence-electron chi connectivity index (χ4n) is 3.34. The summed E-state index contributed by atoms with van der Waals surface area (Å²) < 4.78 is 0. The van der Waals surface area contributed by atoms with E-state index in [9.17, 15) is 9.59 Å². The second-order valence-corrected chi connectivity index (χ2v) is 6.49. The van der Waals surface area contributed by atoms with E-state index in [1.54, 1.807) is 0 Å². The van der Waals surface area contributed by atoms with E-state index >= 15 is 0 Å². The van der Waals surface area contributed by atoms with Crippen LogP contribution in [0.25, 0.3) is 0 Å². The molecule has 23 heavy (non-hydrogen) atoms. The highest BCUT2D eigenvalue weighted by Gasteiger charge is 2.36. The average Bonchev–Trinajstić information content (AvgIpc) is 2.54. The Hall–Kier alpha value is -1.92. The zero-order valence-electron chi connectivity index (χ0n) is 13.8. The third-order valence-corrected chi connectivity index (χ3v) is 4.51. The van der Waals surface area contributed by atoms with Gasteiger partial charge >= 0.3 is 0 Å². The van der Waals surface area contributed by atoms with Crippen LogP contribution < -0.4 is 5.32 Å². The van der Waals surface area contributed by atoms with Crippen molar-refractivity contribution in [3.8, 4) is 0 Å². The third kappa shape index (κ3) is 3.38. The van der Waals surface area contributed by atoms with Crippen molar-refractivity contribution >= 4 is 11.8 Å². The minimum absolute atomic E-state index is 0.0282. The Labute approximate surface area is 137 Å². The zero-order valence-corrected chi connectivity index (χ0v) is 13.8. The van der Waals surface area contributed by atoms with Gasteiger partial charge in [-0.1, -0.05) is 18.2 Å². The van der Waals surface area contributed by atoms with E-state index in [0.29, 0.717) is 19.6 Å². The van der Waals surface area contributed by atoms with Crippen LogP contribution in [0, 0.1) is 0 Å². The SMILES string of the molecule is CN(C)Cc1ccccc1C(=O)N1CCN2CCNC(=O)C2C1. The van der Waals surface area contributed by atoms with E-state index in [2.05, 4.69) is 15.1 Å². The molecular weight excluding hydrogens is 292 g/mol. The molecule has 6 heteroatoms. The van der Waals surface area contributed by atoms with Crippen molar-refractivity contribution in [1.29, 1.82) is 0 Å². The maximum Gasteiger partial charge on any atom is 0.254 e. The zero-order chi connectivity index (χ0) is 16.4. The minimum atomic E-state index is -0.206. The van der Waals surface area contributed by atoms with Gasteiger partial charge in [0.25, 0.3) is 5.91 Å². The summed E-state index contributed by atoms with van der Waals surface area (Å²) in [6.45, 7) is 4.22. The number of hydrogen-bond acceptors (Lipinski definition) is 4. The topological polar surface area (TPSA) is 55.9 Å². The molecule has 0 spiro atoms. The Kier molecular flexibility index (Phi) is 4.63. The first kappa shape index (κ1) is 16.0. The summed E-state index contributed by atoms with van der Waals surface area (Å²) in [6.07, 6.45) is 0. The van der Waals surface area contributed by atoms with Gasteiger partial charge in [0, 0.05) is 44.8 Å². The fraction of sp³-hybridized carbons (Fsp3) is 0.529. The number of rotatable bonds is 3. The monoisotopic (exact) mass is 316 g/mol. The molecule has 2 aliphatic heterocycles. The molecule has 2 heterocycles. The van der Waals surface area contributed by atoms with E-state index in [-0.39, 0.29) is 17.9 Å². The molecule has 0 aliphatic carbocycles. The maximum absolute atomic E-state index is 12.9. The molecule has 3 rings (SSSR count). The number of carbonyl (C=O) groups is 2. The van der Waals surface area contributed by atoms with Gasteiger partial charge in [-0.2, -0.15) is 0 Å². The van der Waals surface area contributed by atoms with E-state index < -0.39 is 0 Å².